The monoisotopic (exact) mass is 629 g/mol. The molecule has 3 aromatic carbocycles. The van der Waals surface area contributed by atoms with Crippen molar-refractivity contribution in [2.45, 2.75) is 37.7 Å². The second-order valence-corrected chi connectivity index (χ2v) is 12.5. The summed E-state index contributed by atoms with van der Waals surface area (Å²) in [5.41, 5.74) is 3.92. The van der Waals surface area contributed by atoms with E-state index in [0.717, 1.165) is 22.6 Å². The average Bonchev–Trinajstić information content (AvgIpc) is 3.40. The van der Waals surface area contributed by atoms with E-state index < -0.39 is 10.0 Å². The van der Waals surface area contributed by atoms with Gasteiger partial charge in [0.25, 0.3) is 10.0 Å². The molecule has 11 nitrogen and oxygen atoms in total. The second kappa shape index (κ2) is 13.3. The molecule has 13 heteroatoms. The Bertz CT molecular complexity index is 1870. The van der Waals surface area contributed by atoms with Crippen molar-refractivity contribution in [2.75, 3.05) is 22.4 Å². The fourth-order valence-electron chi connectivity index (χ4n) is 4.44. The maximum atomic E-state index is 12.9. The summed E-state index contributed by atoms with van der Waals surface area (Å²) in [7, 11) is -3.88. The molecule has 0 atom stereocenters. The summed E-state index contributed by atoms with van der Waals surface area (Å²) in [5.74, 6) is 1.82. The third kappa shape index (κ3) is 7.41. The number of thioether (sulfide) groups is 1. The molecule has 1 amide bonds. The van der Waals surface area contributed by atoms with Gasteiger partial charge < -0.3 is 10.1 Å². The summed E-state index contributed by atoms with van der Waals surface area (Å²) in [5, 5.41) is 12.2. The predicted octanol–water partition coefficient (Wildman–Crippen LogP) is 5.58. The van der Waals surface area contributed by atoms with Crippen LogP contribution >= 0.6 is 11.8 Å². The van der Waals surface area contributed by atoms with Crippen LogP contribution in [0.25, 0.3) is 17.1 Å². The van der Waals surface area contributed by atoms with E-state index in [-0.39, 0.29) is 22.4 Å². The first-order chi connectivity index (χ1) is 21.1. The number of hydrogen-bond acceptors (Lipinski definition) is 9. The van der Waals surface area contributed by atoms with Crippen molar-refractivity contribution in [3.63, 3.8) is 0 Å². The molecule has 0 radical (unpaired) electrons. The van der Waals surface area contributed by atoms with E-state index in [1.165, 1.54) is 36.0 Å². The van der Waals surface area contributed by atoms with Crippen LogP contribution in [-0.4, -0.2) is 51.4 Å². The minimum atomic E-state index is -3.88. The van der Waals surface area contributed by atoms with Crippen LogP contribution in [0.4, 0.5) is 11.5 Å². The first kappa shape index (κ1) is 30.7. The minimum Gasteiger partial charge on any atom is -0.494 e. The first-order valence-corrected chi connectivity index (χ1v) is 16.2. The first-order valence-electron chi connectivity index (χ1n) is 13.7. The molecule has 2 N–H and O–H groups in total. The fourth-order valence-corrected chi connectivity index (χ4v) is 6.18. The van der Waals surface area contributed by atoms with Gasteiger partial charge in [0.05, 0.1) is 17.3 Å². The zero-order valence-electron chi connectivity index (χ0n) is 24.6. The van der Waals surface area contributed by atoms with Crippen LogP contribution in [-0.2, 0) is 14.8 Å². The van der Waals surface area contributed by atoms with Gasteiger partial charge >= 0.3 is 0 Å². The quantitative estimate of drug-likeness (QED) is 0.179. The molecule has 0 unspecified atom stereocenters. The van der Waals surface area contributed by atoms with Crippen molar-refractivity contribution in [1.29, 1.82) is 0 Å². The molecule has 0 spiro atoms. The van der Waals surface area contributed by atoms with Crippen LogP contribution in [0.15, 0.2) is 88.9 Å². The Hall–Kier alpha value is -4.75. The summed E-state index contributed by atoms with van der Waals surface area (Å²) < 4.78 is 35.7. The Balaban J connectivity index is 1.29. The third-order valence-electron chi connectivity index (χ3n) is 6.30. The number of amides is 1. The van der Waals surface area contributed by atoms with Gasteiger partial charge in [-0.15, -0.1) is 10.2 Å². The van der Waals surface area contributed by atoms with E-state index in [0.29, 0.717) is 34.8 Å². The van der Waals surface area contributed by atoms with Crippen molar-refractivity contribution in [3.8, 4) is 22.8 Å². The molecule has 0 aliphatic rings. The van der Waals surface area contributed by atoms with Crippen molar-refractivity contribution in [1.82, 2.24) is 24.7 Å². The number of benzene rings is 3. The highest BCUT2D eigenvalue weighted by atomic mass is 32.2. The number of aromatic nitrogens is 5. The Morgan fingerprint density at radius 3 is 2.36 bits per heavy atom. The molecule has 0 aliphatic heterocycles. The van der Waals surface area contributed by atoms with Gasteiger partial charge in [0.15, 0.2) is 11.0 Å². The lowest BCUT2D eigenvalue weighted by Crippen LogP contribution is -2.16. The van der Waals surface area contributed by atoms with Gasteiger partial charge in [-0.25, -0.2) is 18.4 Å². The van der Waals surface area contributed by atoms with Crippen molar-refractivity contribution in [2.24, 2.45) is 0 Å². The van der Waals surface area contributed by atoms with Crippen molar-refractivity contribution >= 4 is 39.2 Å². The Kier molecular flexibility index (Phi) is 9.26. The van der Waals surface area contributed by atoms with Gasteiger partial charge in [0, 0.05) is 28.7 Å². The van der Waals surface area contributed by atoms with Crippen molar-refractivity contribution in [3.05, 3.63) is 95.9 Å². The van der Waals surface area contributed by atoms with Crippen LogP contribution < -0.4 is 14.8 Å². The number of hydrogen-bond donors (Lipinski definition) is 2. The SMILES string of the molecule is CCOc1ccc(-n2c(SCC(=O)Nc3ccc(S(=O)(=O)Nc4cc(C)nc(C)n4)cc3)nnc2-c2cccc(C)c2)cc1. The van der Waals surface area contributed by atoms with E-state index in [2.05, 4.69) is 30.2 Å². The molecule has 0 fully saturated rings. The Labute approximate surface area is 260 Å². The second-order valence-electron chi connectivity index (χ2n) is 9.85. The van der Waals surface area contributed by atoms with Gasteiger partial charge in [0.2, 0.25) is 5.91 Å². The standard InChI is InChI=1S/C31H31N7O4S2/c1-5-42-26-13-11-25(12-14-26)38-30(23-8-6-7-20(2)17-23)35-36-31(38)43-19-29(39)34-24-9-15-27(16-10-24)44(40,41)37-28-18-21(3)32-22(4)33-28/h6-18H,5,19H2,1-4H3,(H,34,39)(H,32,33,37). The third-order valence-corrected chi connectivity index (χ3v) is 8.60. The largest absolute Gasteiger partial charge is 0.494 e. The Morgan fingerprint density at radius 2 is 1.68 bits per heavy atom. The predicted molar refractivity (Wildman–Crippen MR) is 171 cm³/mol. The lowest BCUT2D eigenvalue weighted by Gasteiger charge is -2.12. The van der Waals surface area contributed by atoms with Gasteiger partial charge in [-0.2, -0.15) is 0 Å². The summed E-state index contributed by atoms with van der Waals surface area (Å²) in [6.45, 7) is 7.96. The fraction of sp³-hybridized carbons (Fsp3) is 0.194. The van der Waals surface area contributed by atoms with E-state index in [1.807, 2.05) is 66.9 Å². The van der Waals surface area contributed by atoms with E-state index in [4.69, 9.17) is 4.74 Å². The molecule has 5 rings (SSSR count). The number of sulfonamides is 1. The highest BCUT2D eigenvalue weighted by Gasteiger charge is 2.19. The number of ether oxygens (including phenoxy) is 1. The zero-order valence-corrected chi connectivity index (χ0v) is 26.2. The molecule has 2 heterocycles. The topological polar surface area (TPSA) is 141 Å². The normalized spacial score (nSPS) is 11.3. The number of anilines is 2. The van der Waals surface area contributed by atoms with Gasteiger partial charge in [-0.3, -0.25) is 14.1 Å². The molecule has 0 saturated heterocycles. The summed E-state index contributed by atoms with van der Waals surface area (Å²) >= 11 is 1.24. The smallest absolute Gasteiger partial charge is 0.263 e. The molecule has 0 aliphatic carbocycles. The van der Waals surface area contributed by atoms with E-state index in [9.17, 15) is 13.2 Å². The maximum absolute atomic E-state index is 12.9. The minimum absolute atomic E-state index is 0.0333. The molecule has 44 heavy (non-hydrogen) atoms. The summed E-state index contributed by atoms with van der Waals surface area (Å²) in [6.07, 6.45) is 0. The van der Waals surface area contributed by atoms with Crippen LogP contribution in [0.3, 0.4) is 0 Å². The number of carbonyl (C=O) groups is 1. The van der Waals surface area contributed by atoms with Gasteiger partial charge in [-0.05, 0) is 82.3 Å². The molecule has 226 valence electrons. The number of nitrogens with one attached hydrogen (secondary N) is 2. The number of nitrogens with zero attached hydrogens (tertiary/aromatic N) is 5. The number of carbonyl (C=O) groups excluding carboxylic acids is 1. The zero-order chi connectivity index (χ0) is 31.3. The molecule has 2 aromatic heterocycles. The summed E-state index contributed by atoms with van der Waals surface area (Å²) in [6, 6.07) is 23.1. The van der Waals surface area contributed by atoms with Crippen LogP contribution in [0, 0.1) is 20.8 Å². The molecule has 0 saturated carbocycles. The van der Waals surface area contributed by atoms with Crippen LogP contribution in [0.1, 0.15) is 24.0 Å². The van der Waals surface area contributed by atoms with E-state index >= 15 is 0 Å². The van der Waals surface area contributed by atoms with E-state index in [1.54, 1.807) is 19.9 Å². The van der Waals surface area contributed by atoms with Crippen LogP contribution in [0.5, 0.6) is 5.75 Å². The molecular weight excluding hydrogens is 599 g/mol. The maximum Gasteiger partial charge on any atom is 0.263 e. The number of aryl methyl sites for hydroxylation is 3. The Morgan fingerprint density at radius 1 is 0.932 bits per heavy atom. The molecule has 0 bridgehead atoms. The van der Waals surface area contributed by atoms with Gasteiger partial charge in [0.1, 0.15) is 17.4 Å². The highest BCUT2D eigenvalue weighted by Crippen LogP contribution is 2.29. The summed E-state index contributed by atoms with van der Waals surface area (Å²) in [4.78, 5) is 21.2. The highest BCUT2D eigenvalue weighted by molar-refractivity contribution is 7.99. The van der Waals surface area contributed by atoms with Crippen LogP contribution in [0.2, 0.25) is 0 Å². The van der Waals surface area contributed by atoms with Crippen molar-refractivity contribution < 1.29 is 17.9 Å². The number of rotatable bonds is 11. The molecule has 5 aromatic rings. The molecular formula is C31H31N7O4S2. The lowest BCUT2D eigenvalue weighted by molar-refractivity contribution is -0.113. The van der Waals surface area contributed by atoms with Gasteiger partial charge in [-0.1, -0.05) is 35.5 Å². The average molecular weight is 630 g/mol. The lowest BCUT2D eigenvalue weighted by atomic mass is 10.1.